The SMILES string of the molecule is CCNC(=NCc1nc(C(C)OCC)no1)NC1CCN(c2ccccc2OC)C1.I. The van der Waals surface area contributed by atoms with Gasteiger partial charge in [-0.3, -0.25) is 0 Å². The molecule has 3 rings (SSSR count). The Morgan fingerprint density at radius 3 is 2.90 bits per heavy atom. The zero-order valence-corrected chi connectivity index (χ0v) is 21.0. The van der Waals surface area contributed by atoms with E-state index in [9.17, 15) is 0 Å². The zero-order chi connectivity index (χ0) is 21.3. The number of halogens is 1. The van der Waals surface area contributed by atoms with E-state index in [0.717, 1.165) is 43.5 Å². The summed E-state index contributed by atoms with van der Waals surface area (Å²) in [5.41, 5.74) is 1.12. The zero-order valence-electron chi connectivity index (χ0n) is 18.6. The van der Waals surface area contributed by atoms with Crippen molar-refractivity contribution in [3.8, 4) is 5.75 Å². The van der Waals surface area contributed by atoms with Crippen LogP contribution in [0.15, 0.2) is 33.8 Å². The Morgan fingerprint density at radius 2 is 2.16 bits per heavy atom. The summed E-state index contributed by atoms with van der Waals surface area (Å²) in [5.74, 6) is 2.65. The number of aliphatic imine (C=N–C) groups is 1. The van der Waals surface area contributed by atoms with Crippen LogP contribution in [-0.2, 0) is 11.3 Å². The molecule has 1 aliphatic heterocycles. The minimum absolute atomic E-state index is 0. The van der Waals surface area contributed by atoms with Gasteiger partial charge < -0.3 is 29.5 Å². The molecule has 31 heavy (non-hydrogen) atoms. The van der Waals surface area contributed by atoms with E-state index in [0.29, 0.717) is 24.9 Å². The van der Waals surface area contributed by atoms with Crippen molar-refractivity contribution in [2.75, 3.05) is 38.3 Å². The molecule has 1 aromatic carbocycles. The van der Waals surface area contributed by atoms with Gasteiger partial charge >= 0.3 is 0 Å². The minimum Gasteiger partial charge on any atom is -0.495 e. The maximum Gasteiger partial charge on any atom is 0.248 e. The molecule has 0 bridgehead atoms. The van der Waals surface area contributed by atoms with Crippen LogP contribution in [0.3, 0.4) is 0 Å². The maximum absolute atomic E-state index is 5.50. The molecule has 2 N–H and O–H groups in total. The van der Waals surface area contributed by atoms with Crippen LogP contribution < -0.4 is 20.3 Å². The molecule has 0 saturated carbocycles. The molecule has 0 amide bonds. The van der Waals surface area contributed by atoms with E-state index in [1.54, 1.807) is 7.11 Å². The largest absolute Gasteiger partial charge is 0.495 e. The molecule has 2 unspecified atom stereocenters. The van der Waals surface area contributed by atoms with Gasteiger partial charge in [0.25, 0.3) is 0 Å². The number of para-hydroxylation sites is 2. The average Bonchev–Trinajstić information content (AvgIpc) is 3.42. The molecule has 1 saturated heterocycles. The van der Waals surface area contributed by atoms with Crippen LogP contribution in [0.1, 0.15) is 45.0 Å². The number of aromatic nitrogens is 2. The Bertz CT molecular complexity index is 831. The van der Waals surface area contributed by atoms with Crippen LogP contribution in [0.4, 0.5) is 5.69 Å². The first-order valence-electron chi connectivity index (χ1n) is 10.5. The van der Waals surface area contributed by atoms with Gasteiger partial charge in [-0.25, -0.2) is 4.99 Å². The van der Waals surface area contributed by atoms with E-state index in [2.05, 4.69) is 36.7 Å². The molecule has 1 aromatic heterocycles. The minimum atomic E-state index is -0.192. The van der Waals surface area contributed by atoms with Gasteiger partial charge in [-0.05, 0) is 39.3 Å². The van der Waals surface area contributed by atoms with Crippen LogP contribution in [0.5, 0.6) is 5.75 Å². The molecule has 9 nitrogen and oxygen atoms in total. The fourth-order valence-electron chi connectivity index (χ4n) is 3.47. The first-order chi connectivity index (χ1) is 14.6. The summed E-state index contributed by atoms with van der Waals surface area (Å²) >= 11 is 0. The molecular formula is C21H33IN6O3. The lowest BCUT2D eigenvalue weighted by molar-refractivity contribution is 0.0683. The number of rotatable bonds is 9. The van der Waals surface area contributed by atoms with Gasteiger partial charge in [0, 0.05) is 32.3 Å². The van der Waals surface area contributed by atoms with Crippen LogP contribution in [-0.4, -0.2) is 55.5 Å². The summed E-state index contributed by atoms with van der Waals surface area (Å²) in [4.78, 5) is 11.3. The van der Waals surface area contributed by atoms with Crippen LogP contribution in [0, 0.1) is 0 Å². The average molecular weight is 544 g/mol. The van der Waals surface area contributed by atoms with Gasteiger partial charge in [0.1, 0.15) is 18.4 Å². The number of guanidine groups is 1. The van der Waals surface area contributed by atoms with Gasteiger partial charge in [-0.2, -0.15) is 4.98 Å². The highest BCUT2D eigenvalue weighted by Crippen LogP contribution is 2.30. The van der Waals surface area contributed by atoms with Gasteiger partial charge in [0.05, 0.1) is 12.8 Å². The highest BCUT2D eigenvalue weighted by molar-refractivity contribution is 14.0. The summed E-state index contributed by atoms with van der Waals surface area (Å²) in [5, 5.41) is 10.8. The van der Waals surface area contributed by atoms with Crippen molar-refractivity contribution in [1.29, 1.82) is 0 Å². The lowest BCUT2D eigenvalue weighted by Gasteiger charge is -2.22. The number of methoxy groups -OCH3 is 1. The Kier molecular flexibility index (Phi) is 10.3. The van der Waals surface area contributed by atoms with Crippen molar-refractivity contribution in [3.05, 3.63) is 36.0 Å². The highest BCUT2D eigenvalue weighted by Gasteiger charge is 2.25. The van der Waals surface area contributed by atoms with Crippen molar-refractivity contribution >= 4 is 35.6 Å². The van der Waals surface area contributed by atoms with Gasteiger partial charge in [0.15, 0.2) is 11.8 Å². The van der Waals surface area contributed by atoms with E-state index < -0.39 is 0 Å². The molecule has 0 aliphatic carbocycles. The number of benzene rings is 1. The van der Waals surface area contributed by atoms with E-state index in [1.807, 2.05) is 39.0 Å². The molecule has 2 heterocycles. The van der Waals surface area contributed by atoms with Crippen molar-refractivity contribution in [3.63, 3.8) is 0 Å². The summed E-state index contributed by atoms with van der Waals surface area (Å²) in [6, 6.07) is 8.39. The van der Waals surface area contributed by atoms with E-state index in [1.165, 1.54) is 0 Å². The van der Waals surface area contributed by atoms with E-state index in [-0.39, 0.29) is 36.1 Å². The molecular weight excluding hydrogens is 511 g/mol. The number of hydrogen-bond acceptors (Lipinski definition) is 7. The third kappa shape index (κ3) is 6.96. The maximum atomic E-state index is 5.50. The quantitative estimate of drug-likeness (QED) is 0.283. The molecule has 10 heteroatoms. The predicted molar refractivity (Wildman–Crippen MR) is 131 cm³/mol. The molecule has 0 radical (unpaired) electrons. The van der Waals surface area contributed by atoms with E-state index >= 15 is 0 Å². The summed E-state index contributed by atoms with van der Waals surface area (Å²) in [6.07, 6.45) is 0.821. The molecule has 1 aliphatic rings. The predicted octanol–water partition coefficient (Wildman–Crippen LogP) is 3.13. The fraction of sp³-hybridized carbons (Fsp3) is 0.571. The number of ether oxygens (including phenoxy) is 2. The lowest BCUT2D eigenvalue weighted by Crippen LogP contribution is -2.44. The topological polar surface area (TPSA) is 97.0 Å². The van der Waals surface area contributed by atoms with E-state index in [4.69, 9.17) is 14.0 Å². The van der Waals surface area contributed by atoms with Crippen molar-refractivity contribution in [1.82, 2.24) is 20.8 Å². The van der Waals surface area contributed by atoms with Crippen molar-refractivity contribution in [2.45, 2.75) is 45.9 Å². The second-order valence-electron chi connectivity index (χ2n) is 7.09. The number of anilines is 1. The number of nitrogens with zero attached hydrogens (tertiary/aromatic N) is 4. The fourth-order valence-corrected chi connectivity index (χ4v) is 3.47. The third-order valence-corrected chi connectivity index (χ3v) is 4.94. The molecule has 172 valence electrons. The summed E-state index contributed by atoms with van der Waals surface area (Å²) in [6.45, 7) is 9.40. The lowest BCUT2D eigenvalue weighted by atomic mass is 10.2. The van der Waals surface area contributed by atoms with Crippen LogP contribution >= 0.6 is 24.0 Å². The van der Waals surface area contributed by atoms with Crippen LogP contribution in [0.2, 0.25) is 0 Å². The Morgan fingerprint density at radius 1 is 1.35 bits per heavy atom. The second-order valence-corrected chi connectivity index (χ2v) is 7.09. The Balaban J connectivity index is 0.00000341. The first kappa shape index (κ1) is 25.2. The molecule has 1 fully saturated rings. The number of hydrogen-bond donors (Lipinski definition) is 2. The van der Waals surface area contributed by atoms with Crippen molar-refractivity contribution in [2.24, 2.45) is 4.99 Å². The third-order valence-electron chi connectivity index (χ3n) is 4.94. The Hall–Kier alpha value is -2.08. The number of nitrogens with one attached hydrogen (secondary N) is 2. The van der Waals surface area contributed by atoms with Gasteiger partial charge in [-0.15, -0.1) is 24.0 Å². The molecule has 0 spiro atoms. The van der Waals surface area contributed by atoms with Gasteiger partial charge in [-0.1, -0.05) is 17.3 Å². The standard InChI is InChI=1S/C21H32N6O3.HI/c1-5-22-21(23-13-19-25-20(26-30-19)15(3)29-6-2)24-16-11-12-27(14-16)17-9-7-8-10-18(17)28-4;/h7-10,15-16H,5-6,11-14H2,1-4H3,(H2,22,23,24);1H. The van der Waals surface area contributed by atoms with Crippen LogP contribution in [0.25, 0.3) is 0 Å². The monoisotopic (exact) mass is 544 g/mol. The highest BCUT2D eigenvalue weighted by atomic mass is 127. The summed E-state index contributed by atoms with van der Waals surface area (Å²) in [7, 11) is 1.71. The summed E-state index contributed by atoms with van der Waals surface area (Å²) < 4.78 is 16.3. The van der Waals surface area contributed by atoms with Gasteiger partial charge in [0.2, 0.25) is 5.89 Å². The normalized spacial score (nSPS) is 17.2. The first-order valence-corrected chi connectivity index (χ1v) is 10.5. The molecule has 2 atom stereocenters. The second kappa shape index (κ2) is 12.7. The Labute approximate surface area is 201 Å². The smallest absolute Gasteiger partial charge is 0.248 e. The van der Waals surface area contributed by atoms with Crippen molar-refractivity contribution < 1.29 is 14.0 Å². The molecule has 2 aromatic rings.